The third kappa shape index (κ3) is 10.3. The van der Waals surface area contributed by atoms with Crippen LogP contribution in [0.15, 0.2) is 0 Å². The van der Waals surface area contributed by atoms with E-state index >= 15 is 0 Å². The average molecular weight is 287 g/mol. The number of carboxylic acid groups (broad SMARTS) is 1. The number of hydrogen-bond acceptors (Lipinski definition) is 4. The Morgan fingerprint density at radius 2 is 1.75 bits per heavy atom. The lowest BCUT2D eigenvalue weighted by molar-refractivity contribution is -0.155. The van der Waals surface area contributed by atoms with Gasteiger partial charge in [0.05, 0.1) is 0 Å². The monoisotopic (exact) mass is 287 g/mol. The van der Waals surface area contributed by atoms with Gasteiger partial charge in [0.15, 0.2) is 0 Å². The van der Waals surface area contributed by atoms with E-state index in [0.29, 0.717) is 25.7 Å². The Morgan fingerprint density at radius 1 is 1.15 bits per heavy atom. The quantitative estimate of drug-likeness (QED) is 0.525. The van der Waals surface area contributed by atoms with Crippen LogP contribution in [0.1, 0.15) is 59.8 Å². The van der Waals surface area contributed by atoms with Crippen LogP contribution in [0.25, 0.3) is 0 Å². The number of unbranched alkanes of at least 4 members (excludes halogenated alkanes) is 2. The van der Waals surface area contributed by atoms with Crippen molar-refractivity contribution < 1.29 is 24.2 Å². The lowest BCUT2D eigenvalue weighted by Crippen LogP contribution is -2.39. The molecule has 0 radical (unpaired) electrons. The lowest BCUT2D eigenvalue weighted by Gasteiger charge is -2.19. The fraction of sp³-hybridized carbons (Fsp3) is 0.786. The normalized spacial score (nSPS) is 12.6. The zero-order valence-electron chi connectivity index (χ0n) is 12.7. The Balaban J connectivity index is 3.82. The maximum Gasteiger partial charge on any atom is 0.326 e. The van der Waals surface area contributed by atoms with Gasteiger partial charge in [0.1, 0.15) is 11.6 Å². The van der Waals surface area contributed by atoms with Crippen molar-refractivity contribution in [3.63, 3.8) is 0 Å². The Bertz CT molecular complexity index is 346. The van der Waals surface area contributed by atoms with Gasteiger partial charge in [-0.15, -0.1) is 0 Å². The summed E-state index contributed by atoms with van der Waals surface area (Å²) in [5, 5.41) is 11.3. The molecule has 6 nitrogen and oxygen atoms in total. The minimum Gasteiger partial charge on any atom is -0.480 e. The van der Waals surface area contributed by atoms with Gasteiger partial charge in [0, 0.05) is 13.3 Å². The molecular weight excluding hydrogens is 262 g/mol. The highest BCUT2D eigenvalue weighted by Gasteiger charge is 2.18. The largest absolute Gasteiger partial charge is 0.480 e. The highest BCUT2D eigenvalue weighted by atomic mass is 16.6. The number of ether oxygens (including phenoxy) is 1. The summed E-state index contributed by atoms with van der Waals surface area (Å²) in [7, 11) is 0. The van der Waals surface area contributed by atoms with Gasteiger partial charge in [0.25, 0.3) is 0 Å². The number of amides is 1. The molecule has 0 aliphatic carbocycles. The zero-order chi connectivity index (χ0) is 15.8. The maximum absolute atomic E-state index is 11.4. The van der Waals surface area contributed by atoms with E-state index in [1.165, 1.54) is 6.92 Å². The number of esters is 1. The summed E-state index contributed by atoms with van der Waals surface area (Å²) in [5.74, 6) is -1.63. The van der Waals surface area contributed by atoms with Gasteiger partial charge >= 0.3 is 11.9 Å². The number of nitrogens with one attached hydrogen (secondary N) is 1. The third-order valence-electron chi connectivity index (χ3n) is 2.47. The van der Waals surface area contributed by atoms with Crippen molar-refractivity contribution in [1.29, 1.82) is 0 Å². The second-order valence-electron chi connectivity index (χ2n) is 5.78. The molecule has 2 N–H and O–H groups in total. The summed E-state index contributed by atoms with van der Waals surface area (Å²) >= 11 is 0. The van der Waals surface area contributed by atoms with E-state index in [-0.39, 0.29) is 11.9 Å². The first-order valence-corrected chi connectivity index (χ1v) is 6.83. The molecule has 116 valence electrons. The Morgan fingerprint density at radius 3 is 2.20 bits per heavy atom. The Labute approximate surface area is 119 Å². The van der Waals surface area contributed by atoms with Crippen molar-refractivity contribution in [3.8, 4) is 0 Å². The van der Waals surface area contributed by atoms with Crippen LogP contribution in [0.5, 0.6) is 0 Å². The predicted molar refractivity (Wildman–Crippen MR) is 74.2 cm³/mol. The highest BCUT2D eigenvalue weighted by molar-refractivity contribution is 5.81. The lowest BCUT2D eigenvalue weighted by atomic mass is 10.1. The van der Waals surface area contributed by atoms with E-state index in [4.69, 9.17) is 9.84 Å². The number of carboxylic acids is 1. The molecule has 0 spiro atoms. The average Bonchev–Trinajstić information content (AvgIpc) is 2.23. The number of rotatable bonds is 8. The van der Waals surface area contributed by atoms with Gasteiger partial charge in [-0.25, -0.2) is 4.79 Å². The summed E-state index contributed by atoms with van der Waals surface area (Å²) in [6, 6.07) is -0.853. The first-order valence-electron chi connectivity index (χ1n) is 6.83. The molecule has 0 aromatic rings. The van der Waals surface area contributed by atoms with E-state index in [2.05, 4.69) is 5.32 Å². The van der Waals surface area contributed by atoms with Crippen molar-refractivity contribution >= 4 is 17.8 Å². The summed E-state index contributed by atoms with van der Waals surface area (Å²) in [5.41, 5.74) is -0.475. The topological polar surface area (TPSA) is 92.7 Å². The predicted octanol–water partition coefficient (Wildman–Crippen LogP) is 1.87. The first kappa shape index (κ1) is 18.4. The molecule has 0 aliphatic rings. The van der Waals surface area contributed by atoms with E-state index in [0.717, 1.165) is 6.42 Å². The van der Waals surface area contributed by atoms with Crippen molar-refractivity contribution in [1.82, 2.24) is 5.32 Å². The number of aliphatic carboxylic acids is 1. The van der Waals surface area contributed by atoms with E-state index < -0.39 is 17.6 Å². The molecule has 0 aromatic heterocycles. The minimum absolute atomic E-state index is 0.242. The van der Waals surface area contributed by atoms with Crippen molar-refractivity contribution in [2.24, 2.45) is 0 Å². The molecule has 0 fully saturated rings. The van der Waals surface area contributed by atoms with Gasteiger partial charge in [-0.05, 0) is 33.6 Å². The van der Waals surface area contributed by atoms with Gasteiger partial charge < -0.3 is 15.2 Å². The number of hydrogen-bond donors (Lipinski definition) is 2. The molecule has 0 saturated carbocycles. The summed E-state index contributed by atoms with van der Waals surface area (Å²) < 4.78 is 5.17. The molecule has 1 amide bonds. The van der Waals surface area contributed by atoms with Crippen LogP contribution in [0.3, 0.4) is 0 Å². The second-order valence-corrected chi connectivity index (χ2v) is 5.78. The van der Waals surface area contributed by atoms with Crippen molar-refractivity contribution in [3.05, 3.63) is 0 Å². The van der Waals surface area contributed by atoms with Crippen molar-refractivity contribution in [2.45, 2.75) is 71.4 Å². The molecule has 6 heteroatoms. The fourth-order valence-corrected chi connectivity index (χ4v) is 1.69. The van der Waals surface area contributed by atoms with Crippen molar-refractivity contribution in [2.75, 3.05) is 0 Å². The second kappa shape index (κ2) is 8.55. The summed E-state index contributed by atoms with van der Waals surface area (Å²) in [6.07, 6.45) is 2.71. The smallest absolute Gasteiger partial charge is 0.326 e. The molecule has 0 bridgehead atoms. The molecule has 0 unspecified atom stereocenters. The fourth-order valence-electron chi connectivity index (χ4n) is 1.69. The Hall–Kier alpha value is -1.59. The summed E-state index contributed by atoms with van der Waals surface area (Å²) in [4.78, 5) is 33.1. The van der Waals surface area contributed by atoms with Crippen LogP contribution in [0.2, 0.25) is 0 Å². The minimum atomic E-state index is -1.03. The molecule has 0 aliphatic heterocycles. The molecule has 0 saturated heterocycles. The van der Waals surface area contributed by atoms with Crippen LogP contribution < -0.4 is 5.32 Å². The van der Waals surface area contributed by atoms with Crippen LogP contribution in [-0.4, -0.2) is 34.6 Å². The van der Waals surface area contributed by atoms with Gasteiger partial charge in [-0.1, -0.05) is 12.8 Å². The molecule has 20 heavy (non-hydrogen) atoms. The Kier molecular flexibility index (Phi) is 7.87. The van der Waals surface area contributed by atoms with Crippen LogP contribution in [0, 0.1) is 0 Å². The summed E-state index contributed by atoms with van der Waals surface area (Å²) in [6.45, 7) is 6.74. The van der Waals surface area contributed by atoms with E-state index in [9.17, 15) is 14.4 Å². The molecule has 0 heterocycles. The molecule has 0 aromatic carbocycles. The first-order chi connectivity index (χ1) is 9.11. The van der Waals surface area contributed by atoms with E-state index in [1.807, 2.05) is 20.8 Å². The van der Waals surface area contributed by atoms with Gasteiger partial charge in [-0.2, -0.15) is 0 Å². The van der Waals surface area contributed by atoms with Crippen LogP contribution >= 0.6 is 0 Å². The number of carbonyl (C=O) groups excluding carboxylic acids is 2. The SMILES string of the molecule is CC(=O)N[C@H](CCCCCC(=O)OC(C)(C)C)C(=O)O. The highest BCUT2D eigenvalue weighted by Crippen LogP contribution is 2.11. The molecule has 1 atom stereocenters. The zero-order valence-corrected chi connectivity index (χ0v) is 12.7. The standard InChI is InChI=1S/C14H25NO5/c1-10(16)15-11(13(18)19)8-6-5-7-9-12(17)20-14(2,3)4/h11H,5-9H2,1-4H3,(H,15,16)(H,18,19)/t11-/m1/s1. The number of carbonyl (C=O) groups is 3. The van der Waals surface area contributed by atoms with Crippen LogP contribution in [-0.2, 0) is 19.1 Å². The third-order valence-corrected chi connectivity index (χ3v) is 2.47. The van der Waals surface area contributed by atoms with E-state index in [1.54, 1.807) is 0 Å². The van der Waals surface area contributed by atoms with Gasteiger partial charge in [0.2, 0.25) is 5.91 Å². The van der Waals surface area contributed by atoms with Crippen LogP contribution in [0.4, 0.5) is 0 Å². The maximum atomic E-state index is 11.4. The molecule has 0 rings (SSSR count). The van der Waals surface area contributed by atoms with Gasteiger partial charge in [-0.3, -0.25) is 9.59 Å². The molecular formula is C14H25NO5.